The molecule has 0 radical (unpaired) electrons. The molecule has 2 aromatic rings. The van der Waals surface area contributed by atoms with Crippen LogP contribution in [0.2, 0.25) is 0 Å². The van der Waals surface area contributed by atoms with Crippen molar-refractivity contribution in [1.82, 2.24) is 0 Å². The molecule has 3 rings (SSSR count). The molecule has 0 N–H and O–H groups in total. The topological polar surface area (TPSA) is 55.8 Å². The normalized spacial score (nSPS) is 15.4. The second kappa shape index (κ2) is 7.93. The van der Waals surface area contributed by atoms with Crippen molar-refractivity contribution in [3.8, 4) is 11.5 Å². The summed E-state index contributed by atoms with van der Waals surface area (Å²) >= 11 is 0.922. The summed E-state index contributed by atoms with van der Waals surface area (Å²) < 4.78 is 10.5. The highest BCUT2D eigenvalue weighted by Crippen LogP contribution is 2.36. The van der Waals surface area contributed by atoms with Gasteiger partial charge in [-0.1, -0.05) is 24.8 Å². The van der Waals surface area contributed by atoms with E-state index in [9.17, 15) is 9.59 Å². The third kappa shape index (κ3) is 3.81. The minimum absolute atomic E-state index is 0.322. The minimum Gasteiger partial charge on any atom is -0.497 e. The summed E-state index contributed by atoms with van der Waals surface area (Å²) in [4.78, 5) is 26.5. The van der Waals surface area contributed by atoms with Gasteiger partial charge in [0, 0.05) is 0 Å². The van der Waals surface area contributed by atoms with Crippen molar-refractivity contribution in [3.05, 3.63) is 71.7 Å². The Kier molecular flexibility index (Phi) is 5.43. The number of methoxy groups -OCH3 is 1. The van der Waals surface area contributed by atoms with Crippen LogP contribution in [-0.2, 0) is 4.79 Å². The maximum absolute atomic E-state index is 12.6. The first-order valence-electron chi connectivity index (χ1n) is 7.88. The van der Waals surface area contributed by atoms with E-state index in [1.54, 1.807) is 43.5 Å². The predicted molar refractivity (Wildman–Crippen MR) is 104 cm³/mol. The summed E-state index contributed by atoms with van der Waals surface area (Å²) in [6.07, 6.45) is 3.37. The number of imide groups is 1. The van der Waals surface area contributed by atoms with E-state index in [2.05, 4.69) is 6.58 Å². The molecule has 1 fully saturated rings. The summed E-state index contributed by atoms with van der Waals surface area (Å²) in [6.45, 7) is 4.03. The fourth-order valence-corrected chi connectivity index (χ4v) is 3.23. The summed E-state index contributed by atoms with van der Waals surface area (Å²) in [5.74, 6) is 1.04. The monoisotopic (exact) mass is 367 g/mol. The van der Waals surface area contributed by atoms with Crippen molar-refractivity contribution < 1.29 is 19.1 Å². The maximum Gasteiger partial charge on any atom is 0.298 e. The van der Waals surface area contributed by atoms with Crippen molar-refractivity contribution in [2.24, 2.45) is 0 Å². The number of ether oxygens (including phenoxy) is 2. The molecule has 1 heterocycles. The van der Waals surface area contributed by atoms with Gasteiger partial charge in [-0.25, -0.2) is 4.90 Å². The molecule has 1 aliphatic rings. The van der Waals surface area contributed by atoms with E-state index in [1.165, 1.54) is 0 Å². The lowest BCUT2D eigenvalue weighted by molar-refractivity contribution is -0.113. The fraction of sp³-hybridized carbons (Fsp3) is 0.100. The first kappa shape index (κ1) is 17.8. The zero-order chi connectivity index (χ0) is 18.5. The van der Waals surface area contributed by atoms with E-state index in [-0.39, 0.29) is 11.1 Å². The van der Waals surface area contributed by atoms with Crippen LogP contribution in [0.4, 0.5) is 10.5 Å². The highest BCUT2D eigenvalue weighted by molar-refractivity contribution is 8.19. The summed E-state index contributed by atoms with van der Waals surface area (Å²) in [6, 6.07) is 14.1. The number of benzene rings is 2. The Labute approximate surface area is 155 Å². The minimum atomic E-state index is -0.336. The molecule has 0 spiro atoms. The zero-order valence-corrected chi connectivity index (χ0v) is 15.0. The second-order valence-electron chi connectivity index (χ2n) is 5.38. The summed E-state index contributed by atoms with van der Waals surface area (Å²) in [7, 11) is 1.56. The number of thioether (sulfide) groups is 1. The van der Waals surface area contributed by atoms with E-state index in [1.807, 2.05) is 24.3 Å². The largest absolute Gasteiger partial charge is 0.497 e. The van der Waals surface area contributed by atoms with Crippen LogP contribution < -0.4 is 14.4 Å². The van der Waals surface area contributed by atoms with Crippen LogP contribution in [0.25, 0.3) is 6.08 Å². The molecule has 6 heteroatoms. The Balaban J connectivity index is 1.79. The molecule has 1 saturated heterocycles. The molecule has 26 heavy (non-hydrogen) atoms. The molecule has 5 nitrogen and oxygen atoms in total. The molecule has 0 atom stereocenters. The Morgan fingerprint density at radius 1 is 1.04 bits per heavy atom. The molecule has 0 unspecified atom stereocenters. The Hall–Kier alpha value is -2.99. The number of rotatable bonds is 6. The van der Waals surface area contributed by atoms with Gasteiger partial charge in [-0.2, -0.15) is 0 Å². The highest BCUT2D eigenvalue weighted by Gasteiger charge is 2.36. The van der Waals surface area contributed by atoms with Crippen LogP contribution in [0.1, 0.15) is 5.56 Å². The van der Waals surface area contributed by atoms with Gasteiger partial charge in [-0.05, 0) is 59.8 Å². The van der Waals surface area contributed by atoms with Gasteiger partial charge in [-0.15, -0.1) is 0 Å². The first-order chi connectivity index (χ1) is 12.6. The van der Waals surface area contributed by atoms with E-state index < -0.39 is 0 Å². The Morgan fingerprint density at radius 2 is 1.69 bits per heavy atom. The van der Waals surface area contributed by atoms with Gasteiger partial charge in [0.05, 0.1) is 17.7 Å². The van der Waals surface area contributed by atoms with Crippen molar-refractivity contribution in [2.75, 3.05) is 18.6 Å². The zero-order valence-electron chi connectivity index (χ0n) is 14.2. The van der Waals surface area contributed by atoms with Gasteiger partial charge >= 0.3 is 0 Å². The van der Waals surface area contributed by atoms with Crippen LogP contribution in [-0.4, -0.2) is 24.9 Å². The second-order valence-corrected chi connectivity index (χ2v) is 6.38. The quantitative estimate of drug-likeness (QED) is 0.556. The van der Waals surface area contributed by atoms with Crippen molar-refractivity contribution in [1.29, 1.82) is 0 Å². The van der Waals surface area contributed by atoms with Crippen LogP contribution >= 0.6 is 11.8 Å². The predicted octanol–water partition coefficient (Wildman–Crippen LogP) is 4.50. The average Bonchev–Trinajstić information content (AvgIpc) is 2.94. The van der Waals surface area contributed by atoms with Gasteiger partial charge in [0.2, 0.25) is 0 Å². The highest BCUT2D eigenvalue weighted by atomic mass is 32.2. The molecule has 1 aliphatic heterocycles. The molecule has 132 valence electrons. The number of hydrogen-bond acceptors (Lipinski definition) is 5. The molecular weight excluding hydrogens is 350 g/mol. The molecule has 2 amide bonds. The van der Waals surface area contributed by atoms with Crippen LogP contribution in [0.15, 0.2) is 66.1 Å². The van der Waals surface area contributed by atoms with Crippen LogP contribution in [0, 0.1) is 0 Å². The third-order valence-electron chi connectivity index (χ3n) is 3.67. The van der Waals surface area contributed by atoms with Crippen molar-refractivity contribution >= 4 is 34.7 Å². The van der Waals surface area contributed by atoms with Gasteiger partial charge in [-0.3, -0.25) is 9.59 Å². The number of carbonyl (C=O) groups is 2. The van der Waals surface area contributed by atoms with Crippen LogP contribution in [0.3, 0.4) is 0 Å². The number of hydrogen-bond donors (Lipinski definition) is 0. The van der Waals surface area contributed by atoms with Gasteiger partial charge < -0.3 is 9.47 Å². The van der Waals surface area contributed by atoms with E-state index >= 15 is 0 Å². The van der Waals surface area contributed by atoms with Crippen molar-refractivity contribution in [3.63, 3.8) is 0 Å². The smallest absolute Gasteiger partial charge is 0.298 e. The summed E-state index contributed by atoms with van der Waals surface area (Å²) in [5, 5.41) is -0.322. The van der Waals surface area contributed by atoms with E-state index in [4.69, 9.17) is 9.47 Å². The fourth-order valence-electron chi connectivity index (χ4n) is 2.39. The van der Waals surface area contributed by atoms with Gasteiger partial charge in [0.25, 0.3) is 11.1 Å². The summed E-state index contributed by atoms with van der Waals surface area (Å²) in [5.41, 5.74) is 1.33. The lowest BCUT2D eigenvalue weighted by Gasteiger charge is -2.12. The molecule has 0 bridgehead atoms. The molecule has 2 aromatic carbocycles. The molecule has 0 saturated carbocycles. The number of anilines is 1. The SMILES string of the molecule is C=CCOc1ccc(C=C2SC(=O)N(c3ccc(OC)cc3)C2=O)cc1. The molecule has 0 aliphatic carbocycles. The maximum atomic E-state index is 12.6. The average molecular weight is 367 g/mol. The number of carbonyl (C=O) groups excluding carboxylic acids is 2. The lowest BCUT2D eigenvalue weighted by Crippen LogP contribution is -2.27. The van der Waals surface area contributed by atoms with E-state index in [0.29, 0.717) is 28.7 Å². The standard InChI is InChI=1S/C20H17NO4S/c1-3-12-25-17-8-4-14(5-9-17)13-18-19(22)21(20(23)26-18)15-6-10-16(24-2)11-7-15/h3-11,13H,1,12H2,2H3. The van der Waals surface area contributed by atoms with Crippen LogP contribution in [0.5, 0.6) is 11.5 Å². The lowest BCUT2D eigenvalue weighted by atomic mass is 10.2. The molecular formula is C20H17NO4S. The molecule has 0 aromatic heterocycles. The Bertz CT molecular complexity index is 856. The first-order valence-corrected chi connectivity index (χ1v) is 8.70. The number of nitrogens with zero attached hydrogens (tertiary/aromatic N) is 1. The van der Waals surface area contributed by atoms with Gasteiger partial charge in [0.15, 0.2) is 0 Å². The van der Waals surface area contributed by atoms with E-state index in [0.717, 1.165) is 22.2 Å². The number of amides is 2. The Morgan fingerprint density at radius 3 is 2.31 bits per heavy atom. The van der Waals surface area contributed by atoms with Gasteiger partial charge in [0.1, 0.15) is 18.1 Å². The third-order valence-corrected chi connectivity index (χ3v) is 4.54. The van der Waals surface area contributed by atoms with Crippen molar-refractivity contribution in [2.45, 2.75) is 0 Å².